The Morgan fingerprint density at radius 2 is 2.10 bits per heavy atom. The third kappa shape index (κ3) is 3.20. The smallest absolute Gasteiger partial charge is 0.244 e. The summed E-state index contributed by atoms with van der Waals surface area (Å²) in [5, 5.41) is 0. The van der Waals surface area contributed by atoms with E-state index in [1.54, 1.807) is 12.1 Å². The number of benzene rings is 1. The molecule has 0 saturated heterocycles. The van der Waals surface area contributed by atoms with E-state index in [0.717, 1.165) is 0 Å². The number of H-pyrrole nitrogens is 1. The minimum atomic E-state index is -3.62. The van der Waals surface area contributed by atoms with E-state index >= 15 is 0 Å². The molecule has 0 spiro atoms. The molecule has 0 atom stereocenters. The molecule has 4 nitrogen and oxygen atoms in total. The zero-order chi connectivity index (χ0) is 14.8. The van der Waals surface area contributed by atoms with Crippen molar-refractivity contribution in [3.8, 4) is 0 Å². The van der Waals surface area contributed by atoms with Gasteiger partial charge in [-0.05, 0) is 23.8 Å². The molecule has 7 heteroatoms. The lowest BCUT2D eigenvalue weighted by atomic mass is 10.2. The van der Waals surface area contributed by atoms with Gasteiger partial charge in [0.05, 0.1) is 10.8 Å². The second kappa shape index (κ2) is 5.95. The van der Waals surface area contributed by atoms with E-state index in [4.69, 9.17) is 11.6 Å². The SMILES string of the molecule is CN(Cc1cccc(F)c1)S(=O)(=O)c1c[nH]c(CCl)c1. The third-order valence-electron chi connectivity index (χ3n) is 2.86. The van der Waals surface area contributed by atoms with Gasteiger partial charge in [-0.3, -0.25) is 0 Å². The number of alkyl halides is 1. The van der Waals surface area contributed by atoms with Gasteiger partial charge in [-0.15, -0.1) is 11.6 Å². The molecule has 0 bridgehead atoms. The molecule has 0 saturated carbocycles. The summed E-state index contributed by atoms with van der Waals surface area (Å²) in [4.78, 5) is 2.94. The number of nitrogens with zero attached hydrogens (tertiary/aromatic N) is 1. The van der Waals surface area contributed by atoms with Crippen molar-refractivity contribution in [3.05, 3.63) is 53.6 Å². The molecule has 0 unspecified atom stereocenters. The fourth-order valence-electron chi connectivity index (χ4n) is 1.80. The van der Waals surface area contributed by atoms with E-state index < -0.39 is 10.0 Å². The fourth-order valence-corrected chi connectivity index (χ4v) is 3.13. The van der Waals surface area contributed by atoms with Crippen LogP contribution in [0.25, 0.3) is 0 Å². The average molecular weight is 317 g/mol. The molecule has 0 fully saturated rings. The number of aromatic nitrogens is 1. The highest BCUT2D eigenvalue weighted by atomic mass is 35.5. The summed E-state index contributed by atoms with van der Waals surface area (Å²) in [6, 6.07) is 7.35. The maximum atomic E-state index is 13.1. The summed E-state index contributed by atoms with van der Waals surface area (Å²) < 4.78 is 38.9. The summed E-state index contributed by atoms with van der Waals surface area (Å²) in [5.41, 5.74) is 1.22. The van der Waals surface area contributed by atoms with Crippen LogP contribution in [0.3, 0.4) is 0 Å². The van der Waals surface area contributed by atoms with Crippen LogP contribution in [-0.2, 0) is 22.4 Å². The second-order valence-electron chi connectivity index (χ2n) is 4.39. The lowest BCUT2D eigenvalue weighted by Gasteiger charge is -2.16. The van der Waals surface area contributed by atoms with Crippen LogP contribution in [0.2, 0.25) is 0 Å². The van der Waals surface area contributed by atoms with Gasteiger partial charge >= 0.3 is 0 Å². The van der Waals surface area contributed by atoms with Gasteiger partial charge in [-0.2, -0.15) is 4.31 Å². The molecule has 108 valence electrons. The van der Waals surface area contributed by atoms with Crippen LogP contribution in [0, 0.1) is 5.82 Å². The number of halogens is 2. The number of hydrogen-bond donors (Lipinski definition) is 1. The van der Waals surface area contributed by atoms with Crippen molar-refractivity contribution in [1.82, 2.24) is 9.29 Å². The van der Waals surface area contributed by atoms with Crippen molar-refractivity contribution in [1.29, 1.82) is 0 Å². The number of sulfonamides is 1. The lowest BCUT2D eigenvalue weighted by molar-refractivity contribution is 0.465. The Hall–Kier alpha value is -1.37. The Balaban J connectivity index is 2.21. The lowest BCUT2D eigenvalue weighted by Crippen LogP contribution is -2.26. The Morgan fingerprint density at radius 3 is 2.70 bits per heavy atom. The number of hydrogen-bond acceptors (Lipinski definition) is 2. The summed E-state index contributed by atoms with van der Waals surface area (Å²) >= 11 is 5.64. The molecule has 0 aliphatic rings. The number of nitrogens with one attached hydrogen (secondary N) is 1. The summed E-state index contributed by atoms with van der Waals surface area (Å²) in [6.07, 6.45) is 1.40. The Morgan fingerprint density at radius 1 is 1.35 bits per heavy atom. The molecular weight excluding hydrogens is 303 g/mol. The molecule has 2 rings (SSSR count). The van der Waals surface area contributed by atoms with Crippen molar-refractivity contribution in [3.63, 3.8) is 0 Å². The van der Waals surface area contributed by atoms with Crippen LogP contribution in [0.1, 0.15) is 11.3 Å². The van der Waals surface area contributed by atoms with Gasteiger partial charge in [0.15, 0.2) is 0 Å². The fraction of sp³-hybridized carbons (Fsp3) is 0.231. The van der Waals surface area contributed by atoms with Crippen LogP contribution in [0.5, 0.6) is 0 Å². The van der Waals surface area contributed by atoms with Gasteiger partial charge < -0.3 is 4.98 Å². The van der Waals surface area contributed by atoms with Crippen LogP contribution < -0.4 is 0 Å². The maximum absolute atomic E-state index is 13.1. The summed E-state index contributed by atoms with van der Waals surface area (Å²) in [5.74, 6) is -0.178. The predicted molar refractivity (Wildman–Crippen MR) is 75.4 cm³/mol. The summed E-state index contributed by atoms with van der Waals surface area (Å²) in [7, 11) is -2.17. The van der Waals surface area contributed by atoms with E-state index in [1.807, 2.05) is 0 Å². The molecule has 0 amide bonds. The first-order valence-corrected chi connectivity index (χ1v) is 7.85. The van der Waals surface area contributed by atoms with E-state index in [9.17, 15) is 12.8 Å². The van der Waals surface area contributed by atoms with Gasteiger partial charge in [0.25, 0.3) is 0 Å². The van der Waals surface area contributed by atoms with Crippen LogP contribution in [0.15, 0.2) is 41.4 Å². The van der Waals surface area contributed by atoms with Crippen molar-refractivity contribution >= 4 is 21.6 Å². The third-order valence-corrected chi connectivity index (χ3v) is 4.93. The largest absolute Gasteiger partial charge is 0.363 e. The number of rotatable bonds is 5. The van der Waals surface area contributed by atoms with Gasteiger partial charge in [-0.25, -0.2) is 12.8 Å². The molecule has 2 aromatic rings. The van der Waals surface area contributed by atoms with Crippen LogP contribution in [-0.4, -0.2) is 24.8 Å². The molecule has 0 radical (unpaired) electrons. The molecule has 0 aliphatic carbocycles. The van der Waals surface area contributed by atoms with Gasteiger partial charge in [0.1, 0.15) is 5.82 Å². The van der Waals surface area contributed by atoms with Gasteiger partial charge in [0, 0.05) is 25.5 Å². The van der Waals surface area contributed by atoms with E-state index in [-0.39, 0.29) is 23.1 Å². The molecule has 1 aromatic carbocycles. The van der Waals surface area contributed by atoms with Crippen LogP contribution >= 0.6 is 11.6 Å². The van der Waals surface area contributed by atoms with Gasteiger partial charge in [0.2, 0.25) is 10.0 Å². The quantitative estimate of drug-likeness (QED) is 0.862. The Kier molecular flexibility index (Phi) is 4.47. The minimum absolute atomic E-state index is 0.0987. The zero-order valence-corrected chi connectivity index (χ0v) is 12.4. The van der Waals surface area contributed by atoms with E-state index in [2.05, 4.69) is 4.98 Å². The molecule has 1 aromatic heterocycles. The molecule has 1 N–H and O–H groups in total. The summed E-state index contributed by atoms with van der Waals surface area (Å²) in [6.45, 7) is 0.0987. The number of aromatic amines is 1. The molecule has 20 heavy (non-hydrogen) atoms. The van der Waals surface area contributed by atoms with Crippen molar-refractivity contribution in [2.75, 3.05) is 7.05 Å². The standard InChI is InChI=1S/C13H14ClFN2O2S/c1-17(9-10-3-2-4-11(15)5-10)20(18,19)13-6-12(7-14)16-8-13/h2-6,8,16H,7,9H2,1H3. The normalized spacial score (nSPS) is 12.0. The van der Waals surface area contributed by atoms with Crippen molar-refractivity contribution in [2.24, 2.45) is 0 Å². The minimum Gasteiger partial charge on any atom is -0.363 e. The Labute approximate surface area is 122 Å². The first kappa shape index (κ1) is 15.0. The monoisotopic (exact) mass is 316 g/mol. The van der Waals surface area contributed by atoms with Crippen LogP contribution in [0.4, 0.5) is 4.39 Å². The maximum Gasteiger partial charge on any atom is 0.244 e. The van der Waals surface area contributed by atoms with E-state index in [1.165, 1.54) is 35.7 Å². The Bertz CT molecular complexity index is 700. The topological polar surface area (TPSA) is 53.2 Å². The zero-order valence-electron chi connectivity index (χ0n) is 10.8. The predicted octanol–water partition coefficient (Wildman–Crippen LogP) is 2.71. The van der Waals surface area contributed by atoms with Gasteiger partial charge in [-0.1, -0.05) is 12.1 Å². The highest BCUT2D eigenvalue weighted by molar-refractivity contribution is 7.89. The highest BCUT2D eigenvalue weighted by Gasteiger charge is 2.22. The molecule has 0 aliphatic heterocycles. The first-order chi connectivity index (χ1) is 9.43. The van der Waals surface area contributed by atoms with E-state index in [0.29, 0.717) is 11.3 Å². The van der Waals surface area contributed by atoms with Crippen molar-refractivity contribution < 1.29 is 12.8 Å². The first-order valence-electron chi connectivity index (χ1n) is 5.87. The average Bonchev–Trinajstić information content (AvgIpc) is 2.88. The highest BCUT2D eigenvalue weighted by Crippen LogP contribution is 2.18. The molecule has 1 heterocycles. The van der Waals surface area contributed by atoms with Crippen molar-refractivity contribution in [2.45, 2.75) is 17.3 Å². The molecular formula is C13H14ClFN2O2S. The second-order valence-corrected chi connectivity index (χ2v) is 6.70.